The molecule has 160 valence electrons. The number of aliphatic hydroxyl groups is 1. The minimum Gasteiger partial charge on any atom is -0.406 e. The van der Waals surface area contributed by atoms with Crippen molar-refractivity contribution in [1.29, 1.82) is 0 Å². The van der Waals surface area contributed by atoms with Crippen molar-refractivity contribution in [1.82, 2.24) is 19.6 Å². The highest BCUT2D eigenvalue weighted by molar-refractivity contribution is 5.93. The van der Waals surface area contributed by atoms with Crippen LogP contribution in [0.2, 0.25) is 0 Å². The van der Waals surface area contributed by atoms with Crippen LogP contribution in [0.5, 0.6) is 5.75 Å². The molecule has 4 N–H and O–H groups in total. The molecule has 4 aromatic rings. The first-order valence-electron chi connectivity index (χ1n) is 8.93. The summed E-state index contributed by atoms with van der Waals surface area (Å²) in [7, 11) is 0. The number of carbonyl (C=O) groups is 1. The predicted octanol–water partition coefficient (Wildman–Crippen LogP) is 2.10. The minimum absolute atomic E-state index is 0.113. The number of hydrogen-bond acceptors (Lipinski definition) is 7. The monoisotopic (exact) mass is 432 g/mol. The van der Waals surface area contributed by atoms with Gasteiger partial charge in [-0.05, 0) is 36.4 Å². The topological polar surface area (TPSA) is 128 Å². The number of nitrogens with one attached hydrogen (secondary N) is 1. The number of hydrogen-bond donors (Lipinski definition) is 3. The number of ether oxygens (including phenoxy) is 1. The van der Waals surface area contributed by atoms with E-state index in [-0.39, 0.29) is 17.5 Å². The fraction of sp³-hybridized carbons (Fsp3) is 0.158. The highest BCUT2D eigenvalue weighted by atomic mass is 19.4. The molecule has 12 heteroatoms. The van der Waals surface area contributed by atoms with Crippen LogP contribution in [0.3, 0.4) is 0 Å². The molecule has 4 rings (SSSR count). The number of aromatic nitrogens is 4. The summed E-state index contributed by atoms with van der Waals surface area (Å²) < 4.78 is 42.3. The molecule has 0 bridgehead atoms. The number of carbonyl (C=O) groups excluding carboxylic acids is 1. The second-order valence-electron chi connectivity index (χ2n) is 6.48. The highest BCUT2D eigenvalue weighted by Crippen LogP contribution is 2.27. The standard InChI is InChI=1S/C19H15F3N6O3/c20-19(21,22)31-11-7-5-10(6-8-11)16-26-17-12-3-1-2-4-13(12)24-18(28(17)27-16)25-14(9-29)15(23)30/h1-8,14,29H,9H2,(H2,23,30)(H,24,25)/t14-/m1/s1. The zero-order valence-corrected chi connectivity index (χ0v) is 15.7. The SMILES string of the molecule is NC(=O)[C@@H](CO)Nc1nc2ccccc2c2nc(-c3ccc(OC(F)(F)F)cc3)nn12. The quantitative estimate of drug-likeness (QED) is 0.426. The Bertz CT molecular complexity index is 1260. The van der Waals surface area contributed by atoms with Crippen molar-refractivity contribution in [2.75, 3.05) is 11.9 Å². The maximum atomic E-state index is 12.4. The van der Waals surface area contributed by atoms with Gasteiger partial charge in [-0.3, -0.25) is 4.79 Å². The molecule has 2 heterocycles. The van der Waals surface area contributed by atoms with Gasteiger partial charge < -0.3 is 20.9 Å². The maximum Gasteiger partial charge on any atom is 0.573 e. The van der Waals surface area contributed by atoms with E-state index in [1.165, 1.54) is 16.6 Å². The van der Waals surface area contributed by atoms with E-state index in [4.69, 9.17) is 5.73 Å². The van der Waals surface area contributed by atoms with E-state index in [0.29, 0.717) is 22.1 Å². The Labute approximate surface area is 172 Å². The summed E-state index contributed by atoms with van der Waals surface area (Å²) in [5.41, 5.74) is 6.65. The number of anilines is 1. The first-order valence-corrected chi connectivity index (χ1v) is 8.93. The zero-order chi connectivity index (χ0) is 22.2. The number of rotatable bonds is 6. The van der Waals surface area contributed by atoms with Crippen molar-refractivity contribution >= 4 is 28.4 Å². The van der Waals surface area contributed by atoms with E-state index in [0.717, 1.165) is 12.1 Å². The molecular weight excluding hydrogens is 417 g/mol. The molecule has 31 heavy (non-hydrogen) atoms. The minimum atomic E-state index is -4.79. The summed E-state index contributed by atoms with van der Waals surface area (Å²) in [6.45, 7) is -0.562. The molecule has 0 aliphatic carbocycles. The third-order valence-electron chi connectivity index (χ3n) is 4.35. The van der Waals surface area contributed by atoms with Crippen LogP contribution in [0.4, 0.5) is 19.1 Å². The molecule has 0 fully saturated rings. The van der Waals surface area contributed by atoms with Gasteiger partial charge in [-0.1, -0.05) is 12.1 Å². The summed E-state index contributed by atoms with van der Waals surface area (Å²) in [6.07, 6.45) is -4.79. The molecule has 9 nitrogen and oxygen atoms in total. The number of para-hydroxylation sites is 1. The van der Waals surface area contributed by atoms with Gasteiger partial charge in [0.1, 0.15) is 11.8 Å². The van der Waals surface area contributed by atoms with Crippen molar-refractivity contribution in [2.24, 2.45) is 5.73 Å². The van der Waals surface area contributed by atoms with Crippen LogP contribution >= 0.6 is 0 Å². The molecule has 0 saturated heterocycles. The number of aliphatic hydroxyl groups excluding tert-OH is 1. The largest absolute Gasteiger partial charge is 0.573 e. The van der Waals surface area contributed by atoms with Gasteiger partial charge in [0.25, 0.3) is 0 Å². The summed E-state index contributed by atoms with van der Waals surface area (Å²) in [4.78, 5) is 20.4. The van der Waals surface area contributed by atoms with Gasteiger partial charge in [0.05, 0.1) is 12.1 Å². The fourth-order valence-corrected chi connectivity index (χ4v) is 2.94. The van der Waals surface area contributed by atoms with E-state index >= 15 is 0 Å². The molecule has 2 aromatic carbocycles. The smallest absolute Gasteiger partial charge is 0.406 e. The second-order valence-corrected chi connectivity index (χ2v) is 6.48. The number of benzene rings is 2. The lowest BCUT2D eigenvalue weighted by molar-refractivity contribution is -0.274. The Balaban J connectivity index is 1.81. The predicted molar refractivity (Wildman–Crippen MR) is 104 cm³/mol. The van der Waals surface area contributed by atoms with Gasteiger partial charge in [0, 0.05) is 10.9 Å². The summed E-state index contributed by atoms with van der Waals surface area (Å²) in [6, 6.07) is 11.0. The zero-order valence-electron chi connectivity index (χ0n) is 15.7. The number of amides is 1. The van der Waals surface area contributed by atoms with Gasteiger partial charge in [0.15, 0.2) is 11.5 Å². The fourth-order valence-electron chi connectivity index (χ4n) is 2.94. The highest BCUT2D eigenvalue weighted by Gasteiger charge is 2.31. The van der Waals surface area contributed by atoms with Crippen LogP contribution < -0.4 is 15.8 Å². The Morgan fingerprint density at radius 1 is 1.16 bits per heavy atom. The van der Waals surface area contributed by atoms with Crippen LogP contribution in [0.25, 0.3) is 27.9 Å². The molecule has 0 radical (unpaired) electrons. The molecule has 2 aromatic heterocycles. The van der Waals surface area contributed by atoms with Gasteiger partial charge in [-0.25, -0.2) is 9.97 Å². The first kappa shape index (κ1) is 20.3. The lowest BCUT2D eigenvalue weighted by Gasteiger charge is -2.14. The first-order chi connectivity index (χ1) is 14.7. The number of halogens is 3. The van der Waals surface area contributed by atoms with E-state index in [1.807, 2.05) is 0 Å². The van der Waals surface area contributed by atoms with Crippen molar-refractivity contribution in [3.8, 4) is 17.1 Å². The number of nitrogens with zero attached hydrogens (tertiary/aromatic N) is 4. The van der Waals surface area contributed by atoms with E-state index in [9.17, 15) is 23.1 Å². The van der Waals surface area contributed by atoms with E-state index in [2.05, 4.69) is 25.1 Å². The molecule has 0 spiro atoms. The van der Waals surface area contributed by atoms with Gasteiger partial charge in [-0.2, -0.15) is 4.52 Å². The second kappa shape index (κ2) is 7.72. The van der Waals surface area contributed by atoms with E-state index in [1.54, 1.807) is 24.3 Å². The molecule has 1 amide bonds. The van der Waals surface area contributed by atoms with Crippen LogP contribution in [-0.4, -0.2) is 49.6 Å². The van der Waals surface area contributed by atoms with Gasteiger partial charge in [0.2, 0.25) is 11.9 Å². The van der Waals surface area contributed by atoms with Crippen LogP contribution in [-0.2, 0) is 4.79 Å². The summed E-state index contributed by atoms with van der Waals surface area (Å²) >= 11 is 0. The van der Waals surface area contributed by atoms with Gasteiger partial charge in [-0.15, -0.1) is 18.3 Å². The molecule has 0 aliphatic heterocycles. The van der Waals surface area contributed by atoms with Crippen molar-refractivity contribution in [3.05, 3.63) is 48.5 Å². The Hall–Kier alpha value is -3.93. The van der Waals surface area contributed by atoms with Crippen molar-refractivity contribution in [2.45, 2.75) is 12.4 Å². The molecule has 0 aliphatic rings. The summed E-state index contributed by atoms with van der Waals surface area (Å²) in [5, 5.41) is 17.2. The van der Waals surface area contributed by atoms with Crippen LogP contribution in [0, 0.1) is 0 Å². The molecule has 0 unspecified atom stereocenters. The van der Waals surface area contributed by atoms with Gasteiger partial charge >= 0.3 is 6.36 Å². The van der Waals surface area contributed by atoms with Crippen LogP contribution in [0.1, 0.15) is 0 Å². The Morgan fingerprint density at radius 2 is 1.87 bits per heavy atom. The van der Waals surface area contributed by atoms with Crippen molar-refractivity contribution < 1.29 is 27.8 Å². The Morgan fingerprint density at radius 3 is 2.52 bits per heavy atom. The number of alkyl halides is 3. The normalized spacial score (nSPS) is 12.8. The summed E-state index contributed by atoms with van der Waals surface area (Å²) in [5.74, 6) is -0.838. The number of primary amides is 1. The third-order valence-corrected chi connectivity index (χ3v) is 4.35. The lowest BCUT2D eigenvalue weighted by atomic mass is 10.2. The van der Waals surface area contributed by atoms with E-state index < -0.39 is 24.9 Å². The number of fused-ring (bicyclic) bond motifs is 3. The molecule has 1 atom stereocenters. The molecule has 0 saturated carbocycles. The lowest BCUT2D eigenvalue weighted by Crippen LogP contribution is -2.39. The van der Waals surface area contributed by atoms with Crippen molar-refractivity contribution in [3.63, 3.8) is 0 Å². The Kier molecular flexibility index (Phi) is 5.07. The molecular formula is C19H15F3N6O3. The average Bonchev–Trinajstić information content (AvgIpc) is 3.17. The average molecular weight is 432 g/mol. The number of nitrogens with two attached hydrogens (primary N) is 1. The van der Waals surface area contributed by atoms with Crippen LogP contribution in [0.15, 0.2) is 48.5 Å². The maximum absolute atomic E-state index is 12.4. The third kappa shape index (κ3) is 4.19.